The van der Waals surface area contributed by atoms with E-state index in [1.165, 1.54) is 18.4 Å². The van der Waals surface area contributed by atoms with Gasteiger partial charge in [-0.2, -0.15) is 0 Å². The molecule has 0 radical (unpaired) electrons. The Morgan fingerprint density at radius 1 is 1.17 bits per heavy atom. The van der Waals surface area contributed by atoms with Gasteiger partial charge in [-0.05, 0) is 37.3 Å². The minimum absolute atomic E-state index is 0.0703. The molecule has 0 aliphatic heterocycles. The van der Waals surface area contributed by atoms with E-state index in [2.05, 4.69) is 19.2 Å². The fourth-order valence-corrected chi connectivity index (χ4v) is 2.74. The van der Waals surface area contributed by atoms with Gasteiger partial charge in [0, 0.05) is 11.6 Å². The number of benzene rings is 1. The van der Waals surface area contributed by atoms with Crippen molar-refractivity contribution in [3.05, 3.63) is 35.4 Å². The van der Waals surface area contributed by atoms with E-state index < -0.39 is 0 Å². The predicted molar refractivity (Wildman–Crippen MR) is 74.6 cm³/mol. The molecule has 1 aromatic rings. The lowest BCUT2D eigenvalue weighted by Gasteiger charge is -2.34. The molecule has 3 atom stereocenters. The third-order valence-corrected chi connectivity index (χ3v) is 4.34. The summed E-state index contributed by atoms with van der Waals surface area (Å²) in [5.74, 6) is 1.36. The van der Waals surface area contributed by atoms with Gasteiger partial charge in [-0.1, -0.05) is 44.4 Å². The first-order chi connectivity index (χ1) is 8.58. The number of carbonyl (C=O) groups is 1. The zero-order valence-electron chi connectivity index (χ0n) is 11.6. The van der Waals surface area contributed by atoms with Crippen LogP contribution in [0.5, 0.6) is 0 Å². The number of aryl methyl sites for hydroxylation is 1. The fourth-order valence-electron chi connectivity index (χ4n) is 2.74. The second-order valence-corrected chi connectivity index (χ2v) is 5.71. The Hall–Kier alpha value is -1.31. The number of hydrogen-bond acceptors (Lipinski definition) is 1. The van der Waals surface area contributed by atoms with Crippen LogP contribution in [0.15, 0.2) is 24.3 Å². The van der Waals surface area contributed by atoms with Crippen LogP contribution in [0.4, 0.5) is 0 Å². The highest BCUT2D eigenvalue weighted by molar-refractivity contribution is 5.94. The molecular weight excluding hydrogens is 222 g/mol. The van der Waals surface area contributed by atoms with Crippen molar-refractivity contribution in [3.8, 4) is 0 Å². The topological polar surface area (TPSA) is 29.1 Å². The molecule has 1 saturated carbocycles. The molecule has 1 N–H and O–H groups in total. The summed E-state index contributed by atoms with van der Waals surface area (Å²) in [5, 5.41) is 3.20. The minimum atomic E-state index is 0.0703. The first-order valence-electron chi connectivity index (χ1n) is 6.95. The molecule has 18 heavy (non-hydrogen) atoms. The molecule has 0 bridgehead atoms. The largest absolute Gasteiger partial charge is 0.349 e. The Balaban J connectivity index is 2.00. The molecule has 1 amide bonds. The first kappa shape index (κ1) is 13.1. The van der Waals surface area contributed by atoms with Gasteiger partial charge in [0.05, 0.1) is 0 Å². The van der Waals surface area contributed by atoms with Crippen molar-refractivity contribution in [2.24, 2.45) is 11.8 Å². The zero-order chi connectivity index (χ0) is 13.1. The van der Waals surface area contributed by atoms with Gasteiger partial charge < -0.3 is 5.32 Å². The number of carbonyl (C=O) groups excluding carboxylic acids is 1. The van der Waals surface area contributed by atoms with Crippen molar-refractivity contribution in [3.63, 3.8) is 0 Å². The SMILES string of the molecule is Cc1ccc(C(=O)N[C@@H]2CCC[C@H](C)[C@@H]2C)cc1. The molecule has 0 spiro atoms. The van der Waals surface area contributed by atoms with Gasteiger partial charge in [-0.15, -0.1) is 0 Å². The second kappa shape index (κ2) is 5.55. The molecule has 1 aliphatic carbocycles. The molecule has 1 aliphatic rings. The highest BCUT2D eigenvalue weighted by atomic mass is 16.1. The van der Waals surface area contributed by atoms with Gasteiger partial charge in [0.15, 0.2) is 0 Å². The van der Waals surface area contributed by atoms with Crippen LogP contribution in [0.25, 0.3) is 0 Å². The van der Waals surface area contributed by atoms with E-state index in [4.69, 9.17) is 0 Å². The lowest BCUT2D eigenvalue weighted by atomic mass is 9.78. The molecule has 1 aromatic carbocycles. The van der Waals surface area contributed by atoms with Gasteiger partial charge in [0.25, 0.3) is 5.91 Å². The molecule has 0 heterocycles. The molecule has 0 unspecified atom stereocenters. The quantitative estimate of drug-likeness (QED) is 0.848. The molecule has 2 heteroatoms. The number of rotatable bonds is 2. The van der Waals surface area contributed by atoms with Crippen LogP contribution in [-0.4, -0.2) is 11.9 Å². The van der Waals surface area contributed by atoms with Crippen LogP contribution in [0, 0.1) is 18.8 Å². The average Bonchev–Trinajstić information content (AvgIpc) is 2.36. The summed E-state index contributed by atoms with van der Waals surface area (Å²) in [5.41, 5.74) is 1.96. The maximum absolute atomic E-state index is 12.2. The van der Waals surface area contributed by atoms with Crippen molar-refractivity contribution in [2.45, 2.75) is 46.1 Å². The molecule has 98 valence electrons. The van der Waals surface area contributed by atoms with E-state index in [1.54, 1.807) is 0 Å². The fraction of sp³-hybridized carbons (Fsp3) is 0.562. The van der Waals surface area contributed by atoms with Crippen LogP contribution in [-0.2, 0) is 0 Å². The maximum atomic E-state index is 12.2. The second-order valence-electron chi connectivity index (χ2n) is 5.71. The van der Waals surface area contributed by atoms with Gasteiger partial charge >= 0.3 is 0 Å². The Morgan fingerprint density at radius 3 is 2.50 bits per heavy atom. The Labute approximate surface area is 110 Å². The molecular formula is C16H23NO. The van der Waals surface area contributed by atoms with Crippen molar-refractivity contribution >= 4 is 5.91 Å². The number of nitrogens with one attached hydrogen (secondary N) is 1. The van der Waals surface area contributed by atoms with Gasteiger partial charge in [-0.25, -0.2) is 0 Å². The summed E-state index contributed by atoms with van der Waals surface area (Å²) >= 11 is 0. The van der Waals surface area contributed by atoms with Crippen LogP contribution in [0.3, 0.4) is 0 Å². The van der Waals surface area contributed by atoms with Crippen molar-refractivity contribution in [1.29, 1.82) is 0 Å². The minimum Gasteiger partial charge on any atom is -0.349 e. The van der Waals surface area contributed by atoms with E-state index in [9.17, 15) is 4.79 Å². The number of amides is 1. The van der Waals surface area contributed by atoms with Gasteiger partial charge in [0.1, 0.15) is 0 Å². The summed E-state index contributed by atoms with van der Waals surface area (Å²) in [7, 11) is 0. The van der Waals surface area contributed by atoms with Crippen LogP contribution < -0.4 is 5.32 Å². The van der Waals surface area contributed by atoms with E-state index in [0.717, 1.165) is 12.0 Å². The van der Waals surface area contributed by atoms with Crippen molar-refractivity contribution in [1.82, 2.24) is 5.32 Å². The standard InChI is InChI=1S/C16H23NO/c1-11-7-9-14(10-8-11)16(18)17-15-6-4-5-12(2)13(15)3/h7-10,12-13,15H,4-6H2,1-3H3,(H,17,18)/t12-,13-,15+/m0/s1. The predicted octanol–water partition coefficient (Wildman–Crippen LogP) is 3.55. The van der Waals surface area contributed by atoms with E-state index in [-0.39, 0.29) is 5.91 Å². The van der Waals surface area contributed by atoms with Crippen LogP contribution in [0.1, 0.15) is 49.0 Å². The molecule has 2 nitrogen and oxygen atoms in total. The van der Waals surface area contributed by atoms with E-state index >= 15 is 0 Å². The average molecular weight is 245 g/mol. The van der Waals surface area contributed by atoms with Crippen LogP contribution in [0.2, 0.25) is 0 Å². The summed E-state index contributed by atoms with van der Waals surface area (Å²) in [6.45, 7) is 6.57. The lowest BCUT2D eigenvalue weighted by Crippen LogP contribution is -2.43. The van der Waals surface area contributed by atoms with Gasteiger partial charge in [0.2, 0.25) is 0 Å². The zero-order valence-corrected chi connectivity index (χ0v) is 11.6. The molecule has 2 rings (SSSR count). The molecule has 0 saturated heterocycles. The van der Waals surface area contributed by atoms with Gasteiger partial charge in [-0.3, -0.25) is 4.79 Å². The molecule has 0 aromatic heterocycles. The first-order valence-corrected chi connectivity index (χ1v) is 6.95. The Morgan fingerprint density at radius 2 is 1.83 bits per heavy atom. The van der Waals surface area contributed by atoms with E-state index in [0.29, 0.717) is 17.9 Å². The summed E-state index contributed by atoms with van der Waals surface area (Å²) in [6, 6.07) is 8.12. The molecule has 1 fully saturated rings. The summed E-state index contributed by atoms with van der Waals surface area (Å²) < 4.78 is 0. The maximum Gasteiger partial charge on any atom is 0.251 e. The monoisotopic (exact) mass is 245 g/mol. The highest BCUT2D eigenvalue weighted by Crippen LogP contribution is 2.29. The highest BCUT2D eigenvalue weighted by Gasteiger charge is 2.28. The Kier molecular flexibility index (Phi) is 4.05. The lowest BCUT2D eigenvalue weighted by molar-refractivity contribution is 0.0891. The summed E-state index contributed by atoms with van der Waals surface area (Å²) in [6.07, 6.45) is 3.63. The van der Waals surface area contributed by atoms with Crippen molar-refractivity contribution < 1.29 is 4.79 Å². The normalized spacial score (nSPS) is 27.8. The summed E-state index contributed by atoms with van der Waals surface area (Å²) in [4.78, 5) is 12.2. The van der Waals surface area contributed by atoms with E-state index in [1.807, 2.05) is 31.2 Å². The Bertz CT molecular complexity index is 410. The number of hydrogen-bond donors (Lipinski definition) is 1. The third-order valence-electron chi connectivity index (χ3n) is 4.34. The van der Waals surface area contributed by atoms with Crippen LogP contribution >= 0.6 is 0 Å². The smallest absolute Gasteiger partial charge is 0.251 e. The van der Waals surface area contributed by atoms with Crippen molar-refractivity contribution in [2.75, 3.05) is 0 Å². The third kappa shape index (κ3) is 2.92.